The smallest absolute Gasteiger partial charge is 0.307 e. The second-order valence-electron chi connectivity index (χ2n) is 11.3. The molecule has 0 aromatic heterocycles. The van der Waals surface area contributed by atoms with Gasteiger partial charge in [-0.1, -0.05) is 100 Å². The summed E-state index contributed by atoms with van der Waals surface area (Å²) in [5.41, 5.74) is 5.81. The zero-order valence-electron chi connectivity index (χ0n) is 25.6. The molecule has 8 heteroatoms. The maximum absolute atomic E-state index is 12.5. The number of carboxylic acid groups (broad SMARTS) is 2. The van der Waals surface area contributed by atoms with Gasteiger partial charge in [-0.3, -0.25) is 9.59 Å². The lowest BCUT2D eigenvalue weighted by molar-refractivity contribution is -0.137. The molecule has 0 fully saturated rings. The third-order valence-corrected chi connectivity index (χ3v) is 9.76. The van der Waals surface area contributed by atoms with E-state index in [2.05, 4.69) is 52.0 Å². The zero-order chi connectivity index (χ0) is 32.3. The van der Waals surface area contributed by atoms with E-state index in [1.54, 1.807) is 48.2 Å². The third-order valence-electron chi connectivity index (χ3n) is 6.97. The average molecular weight is 633 g/mol. The topological polar surface area (TPSA) is 109 Å². The average Bonchev–Trinajstić information content (AvgIpc) is 2.98. The molecule has 2 N–H and O–H groups in total. The second-order valence-corrected chi connectivity index (χ2v) is 14.3. The fourth-order valence-corrected chi connectivity index (χ4v) is 6.54. The van der Waals surface area contributed by atoms with Gasteiger partial charge in [0.15, 0.2) is 9.84 Å². The van der Waals surface area contributed by atoms with Crippen molar-refractivity contribution < 1.29 is 28.2 Å². The highest BCUT2D eigenvalue weighted by Gasteiger charge is 2.16. The van der Waals surface area contributed by atoms with Crippen molar-refractivity contribution in [3.63, 3.8) is 0 Å². The van der Waals surface area contributed by atoms with Crippen LogP contribution in [0.5, 0.6) is 0 Å². The molecular weight excluding hydrogens is 593 g/mol. The van der Waals surface area contributed by atoms with Crippen LogP contribution in [0.25, 0.3) is 0 Å². The van der Waals surface area contributed by atoms with Gasteiger partial charge in [-0.2, -0.15) is 0 Å². The van der Waals surface area contributed by atoms with Gasteiger partial charge in [-0.25, -0.2) is 8.42 Å². The highest BCUT2D eigenvalue weighted by molar-refractivity contribution is 7.98. The molecule has 0 bridgehead atoms. The minimum absolute atomic E-state index is 0.0658. The molecule has 44 heavy (non-hydrogen) atoms. The minimum atomic E-state index is -3.41. The van der Waals surface area contributed by atoms with Crippen LogP contribution in [-0.4, -0.2) is 30.6 Å². The number of hydrogen-bond acceptors (Lipinski definition) is 5. The van der Waals surface area contributed by atoms with Gasteiger partial charge in [-0.05, 0) is 69.5 Å². The van der Waals surface area contributed by atoms with Crippen molar-refractivity contribution in [2.24, 2.45) is 0 Å². The van der Waals surface area contributed by atoms with E-state index in [0.29, 0.717) is 27.9 Å². The molecule has 0 heterocycles. The van der Waals surface area contributed by atoms with Crippen molar-refractivity contribution >= 4 is 33.5 Å². The first kappa shape index (κ1) is 34.6. The summed E-state index contributed by atoms with van der Waals surface area (Å²) in [6, 6.07) is 30.1. The Morgan fingerprint density at radius 2 is 0.977 bits per heavy atom. The van der Waals surface area contributed by atoms with E-state index in [4.69, 9.17) is 10.2 Å². The first-order valence-electron chi connectivity index (χ1n) is 14.5. The van der Waals surface area contributed by atoms with Crippen LogP contribution in [-0.2, 0) is 43.8 Å². The molecular formula is C36H40O6S2. The van der Waals surface area contributed by atoms with Crippen LogP contribution in [0.15, 0.2) is 107 Å². The van der Waals surface area contributed by atoms with Crippen LogP contribution in [0.1, 0.15) is 72.9 Å². The summed E-state index contributed by atoms with van der Waals surface area (Å²) >= 11 is 1.80. The van der Waals surface area contributed by atoms with Gasteiger partial charge in [0.1, 0.15) is 0 Å². The number of benzene rings is 4. The third kappa shape index (κ3) is 11.3. The predicted octanol–water partition coefficient (Wildman–Crippen LogP) is 8.14. The maximum atomic E-state index is 12.5. The minimum Gasteiger partial charge on any atom is -0.481 e. The number of aliphatic carboxylic acids is 2. The Balaban J connectivity index is 0.000000241. The van der Waals surface area contributed by atoms with Crippen molar-refractivity contribution in [1.82, 2.24) is 0 Å². The molecule has 4 rings (SSSR count). The lowest BCUT2D eigenvalue weighted by atomic mass is 10.0. The molecule has 0 unspecified atom stereocenters. The molecule has 0 atom stereocenters. The monoisotopic (exact) mass is 632 g/mol. The number of carbonyl (C=O) groups is 2. The molecule has 0 spiro atoms. The summed E-state index contributed by atoms with van der Waals surface area (Å²) < 4.78 is 24.9. The molecule has 6 nitrogen and oxygen atoms in total. The lowest BCUT2D eigenvalue weighted by Crippen LogP contribution is -2.06. The molecule has 0 radical (unpaired) electrons. The van der Waals surface area contributed by atoms with Crippen LogP contribution in [0.4, 0.5) is 0 Å². The Morgan fingerprint density at radius 1 is 0.591 bits per heavy atom. The summed E-state index contributed by atoms with van der Waals surface area (Å²) in [5.74, 6) is 0.0211. The van der Waals surface area contributed by atoms with Gasteiger partial charge in [0.2, 0.25) is 0 Å². The van der Waals surface area contributed by atoms with E-state index in [0.717, 1.165) is 16.9 Å². The van der Waals surface area contributed by atoms with Crippen molar-refractivity contribution in [2.75, 3.05) is 0 Å². The fraction of sp³-hybridized carbons (Fsp3) is 0.278. The van der Waals surface area contributed by atoms with Crippen LogP contribution < -0.4 is 0 Å². The second kappa shape index (κ2) is 16.3. The molecule has 0 aliphatic heterocycles. The Bertz CT molecular complexity index is 1610. The molecule has 0 saturated carbocycles. The summed E-state index contributed by atoms with van der Waals surface area (Å²) in [6.07, 6.45) is 0.0216. The largest absolute Gasteiger partial charge is 0.481 e. The Labute approximate surface area is 265 Å². The molecule has 0 amide bonds. The zero-order valence-corrected chi connectivity index (χ0v) is 27.2. The van der Waals surface area contributed by atoms with Crippen LogP contribution in [0.2, 0.25) is 0 Å². The Morgan fingerprint density at radius 3 is 1.39 bits per heavy atom. The standard InChI is InChI=1S/C18H20O4S.C18H20O2S/c1-13(2)16-7-9-17(10-8-16)23(21,22)12-15-5-3-14(4-6-15)11-18(19)20;1-13(2)16-7-9-17(10-8-16)21-12-15-5-3-14(4-6-15)11-18(19)20/h3-10,13H,11-12H2,1-2H3,(H,19,20);3-10,13H,11-12H2,1-2H3,(H,19,20). The van der Waals surface area contributed by atoms with Crippen molar-refractivity contribution in [2.45, 2.75) is 73.7 Å². The molecule has 232 valence electrons. The van der Waals surface area contributed by atoms with E-state index in [-0.39, 0.29) is 18.6 Å². The van der Waals surface area contributed by atoms with Gasteiger partial charge >= 0.3 is 11.9 Å². The Hall–Kier alpha value is -3.88. The summed E-state index contributed by atoms with van der Waals surface area (Å²) in [6.45, 7) is 8.51. The van der Waals surface area contributed by atoms with Gasteiger partial charge in [0.05, 0.1) is 23.5 Å². The van der Waals surface area contributed by atoms with Gasteiger partial charge in [0, 0.05) is 10.6 Å². The van der Waals surface area contributed by atoms with Crippen LogP contribution in [0, 0.1) is 0 Å². The van der Waals surface area contributed by atoms with Crippen molar-refractivity contribution in [3.05, 3.63) is 130 Å². The molecule has 0 saturated heterocycles. The molecule has 0 aliphatic rings. The van der Waals surface area contributed by atoms with Crippen molar-refractivity contribution in [3.8, 4) is 0 Å². The van der Waals surface area contributed by atoms with Gasteiger partial charge in [0.25, 0.3) is 0 Å². The van der Waals surface area contributed by atoms with E-state index in [9.17, 15) is 18.0 Å². The summed E-state index contributed by atoms with van der Waals surface area (Å²) in [4.78, 5) is 22.8. The SMILES string of the molecule is CC(C)c1ccc(S(=O)(=O)Cc2ccc(CC(=O)O)cc2)cc1.CC(C)c1ccc(SCc2ccc(CC(=O)O)cc2)cc1. The van der Waals surface area contributed by atoms with E-state index in [1.807, 2.05) is 36.4 Å². The fourth-order valence-electron chi connectivity index (χ4n) is 4.33. The predicted molar refractivity (Wildman–Crippen MR) is 177 cm³/mol. The highest BCUT2D eigenvalue weighted by Crippen LogP contribution is 2.25. The lowest BCUT2D eigenvalue weighted by Gasteiger charge is -2.08. The van der Waals surface area contributed by atoms with Crippen LogP contribution >= 0.6 is 11.8 Å². The first-order chi connectivity index (χ1) is 20.8. The van der Waals surface area contributed by atoms with E-state index < -0.39 is 21.8 Å². The van der Waals surface area contributed by atoms with E-state index >= 15 is 0 Å². The number of rotatable bonds is 12. The normalized spacial score (nSPS) is 11.2. The quantitative estimate of drug-likeness (QED) is 0.152. The first-order valence-corrected chi connectivity index (χ1v) is 17.1. The molecule has 4 aromatic rings. The number of hydrogen-bond donors (Lipinski definition) is 2. The number of sulfone groups is 1. The number of thioether (sulfide) groups is 1. The highest BCUT2D eigenvalue weighted by atomic mass is 32.2. The van der Waals surface area contributed by atoms with Crippen molar-refractivity contribution in [1.29, 1.82) is 0 Å². The van der Waals surface area contributed by atoms with Gasteiger partial charge in [-0.15, -0.1) is 11.8 Å². The summed E-state index contributed by atoms with van der Waals surface area (Å²) in [5, 5.41) is 17.5. The maximum Gasteiger partial charge on any atom is 0.307 e. The summed E-state index contributed by atoms with van der Waals surface area (Å²) in [7, 11) is -3.41. The molecule has 0 aliphatic carbocycles. The Kier molecular flexibility index (Phi) is 12.8. The molecule has 4 aromatic carbocycles. The van der Waals surface area contributed by atoms with Gasteiger partial charge < -0.3 is 10.2 Å². The number of carboxylic acids is 2. The van der Waals surface area contributed by atoms with E-state index in [1.165, 1.54) is 16.0 Å². The van der Waals surface area contributed by atoms with Crippen LogP contribution in [0.3, 0.4) is 0 Å².